The largest absolute Gasteiger partial charge is 0.404 e. The van der Waals surface area contributed by atoms with E-state index in [1.54, 1.807) is 6.92 Å². The fourth-order valence-corrected chi connectivity index (χ4v) is 4.79. The van der Waals surface area contributed by atoms with Crippen molar-refractivity contribution >= 4 is 21.5 Å². The van der Waals surface area contributed by atoms with Crippen LogP contribution in [0, 0.1) is 6.92 Å². The van der Waals surface area contributed by atoms with E-state index in [-0.39, 0.29) is 32.8 Å². The smallest absolute Gasteiger partial charge is 0.277 e. The van der Waals surface area contributed by atoms with Gasteiger partial charge in [-0.15, -0.1) is 0 Å². The molecule has 0 N–H and O–H groups in total. The molecule has 0 saturated heterocycles. The molecule has 0 spiro atoms. The van der Waals surface area contributed by atoms with Gasteiger partial charge in [0.25, 0.3) is 22.2 Å². The van der Waals surface area contributed by atoms with Crippen molar-refractivity contribution in [1.82, 2.24) is 9.13 Å². The molecule has 188 valence electrons. The molecule has 10 heteroatoms. The van der Waals surface area contributed by atoms with Crippen molar-refractivity contribution in [3.63, 3.8) is 0 Å². The van der Waals surface area contributed by atoms with Crippen LogP contribution in [0.15, 0.2) is 79.8 Å². The lowest BCUT2D eigenvalue weighted by atomic mass is 9.74. The van der Waals surface area contributed by atoms with Crippen LogP contribution in [0.2, 0.25) is 0 Å². The summed E-state index contributed by atoms with van der Waals surface area (Å²) in [5.74, 6) is 0. The number of halogens is 4. The highest BCUT2D eigenvalue weighted by Crippen LogP contribution is 2.47. The van der Waals surface area contributed by atoms with Gasteiger partial charge in [-0.05, 0) is 42.3 Å². The van der Waals surface area contributed by atoms with Crippen LogP contribution in [-0.4, -0.2) is 22.0 Å². The average molecular weight is 510 g/mol. The molecule has 1 unspecified atom stereocenters. The fourth-order valence-electron chi connectivity index (χ4n) is 4.79. The quantitative estimate of drug-likeness (QED) is 0.347. The van der Waals surface area contributed by atoms with Gasteiger partial charge in [0, 0.05) is 7.05 Å². The van der Waals surface area contributed by atoms with Crippen LogP contribution in [0.25, 0.3) is 27.2 Å². The first-order valence-electron chi connectivity index (χ1n) is 11.1. The number of aryl methyl sites for hydroxylation is 1. The zero-order valence-electron chi connectivity index (χ0n) is 19.5. The third-order valence-electron chi connectivity index (χ3n) is 6.94. The second-order valence-electron chi connectivity index (χ2n) is 9.01. The van der Waals surface area contributed by atoms with E-state index in [2.05, 4.69) is 0 Å². The van der Waals surface area contributed by atoms with Crippen molar-refractivity contribution < 1.29 is 17.6 Å². The van der Waals surface area contributed by atoms with Crippen molar-refractivity contribution in [3.05, 3.63) is 119 Å². The van der Waals surface area contributed by atoms with Crippen LogP contribution >= 0.6 is 0 Å². The normalized spacial score (nSPS) is 13.9. The summed E-state index contributed by atoms with van der Waals surface area (Å²) in [6.07, 6.45) is -4.99. The molecule has 0 saturated carbocycles. The molecule has 5 rings (SSSR count). The monoisotopic (exact) mass is 510 g/mol. The van der Waals surface area contributed by atoms with Gasteiger partial charge in [-0.25, -0.2) is 8.96 Å². The number of fused-ring (bicyclic) bond motifs is 2. The highest BCUT2D eigenvalue weighted by atomic mass is 19.4. The van der Waals surface area contributed by atoms with E-state index >= 15 is 0 Å². The van der Waals surface area contributed by atoms with Gasteiger partial charge >= 0.3 is 6.18 Å². The molecule has 0 fully saturated rings. The van der Waals surface area contributed by atoms with Crippen LogP contribution < -0.4 is 22.2 Å². The Hall–Kier alpha value is -4.34. The molecule has 5 aromatic rings. The number of nitrogens with zero attached hydrogens (tertiary/aromatic N) is 2. The number of aromatic nitrogens is 2. The van der Waals surface area contributed by atoms with Crippen LogP contribution in [0.4, 0.5) is 17.6 Å². The predicted molar refractivity (Wildman–Crippen MR) is 131 cm³/mol. The minimum absolute atomic E-state index is 0.0133. The molecule has 6 nitrogen and oxygen atoms in total. The van der Waals surface area contributed by atoms with Crippen molar-refractivity contribution in [2.45, 2.75) is 18.5 Å². The van der Waals surface area contributed by atoms with Crippen LogP contribution in [0.5, 0.6) is 0 Å². The minimum atomic E-state index is -4.99. The van der Waals surface area contributed by atoms with Gasteiger partial charge in [-0.1, -0.05) is 42.0 Å². The topological polar surface area (TPSA) is 78.1 Å². The molecule has 2 aromatic heterocycles. The zero-order chi connectivity index (χ0) is 26.9. The zero-order valence-corrected chi connectivity index (χ0v) is 19.5. The Morgan fingerprint density at radius 1 is 0.676 bits per heavy atom. The van der Waals surface area contributed by atoms with Crippen molar-refractivity contribution in [2.24, 2.45) is 7.05 Å². The van der Waals surface area contributed by atoms with E-state index in [9.17, 15) is 36.7 Å². The molecule has 0 amide bonds. The number of rotatable bonds is 4. The Labute approximate surface area is 205 Å². The molecule has 0 radical (unpaired) electrons. The fraction of sp³-hybridized carbons (Fsp3) is 0.185. The van der Waals surface area contributed by atoms with E-state index in [1.165, 1.54) is 43.4 Å². The molecule has 3 aromatic carbocycles. The summed E-state index contributed by atoms with van der Waals surface area (Å²) in [7, 11) is 1.28. The third-order valence-corrected chi connectivity index (χ3v) is 6.94. The first-order chi connectivity index (χ1) is 17.4. The second-order valence-corrected chi connectivity index (χ2v) is 9.01. The molecule has 0 aliphatic rings. The van der Waals surface area contributed by atoms with Gasteiger partial charge in [0.2, 0.25) is 0 Å². The Kier molecular flexibility index (Phi) is 5.32. The number of benzene rings is 3. The van der Waals surface area contributed by atoms with E-state index in [0.717, 1.165) is 33.4 Å². The maximum absolute atomic E-state index is 14.3. The van der Waals surface area contributed by atoms with Gasteiger partial charge < -0.3 is 0 Å². The maximum Gasteiger partial charge on any atom is 0.404 e. The maximum atomic E-state index is 14.3. The van der Waals surface area contributed by atoms with Crippen molar-refractivity contribution in [3.8, 4) is 5.69 Å². The summed E-state index contributed by atoms with van der Waals surface area (Å²) in [5, 5.41) is -0.226. The Bertz CT molecular complexity index is 1810. The summed E-state index contributed by atoms with van der Waals surface area (Å²) in [6.45, 7) is -0.0575. The van der Waals surface area contributed by atoms with Crippen LogP contribution in [0.3, 0.4) is 0 Å². The van der Waals surface area contributed by atoms with E-state index < -0.39 is 46.1 Å². The van der Waals surface area contributed by atoms with E-state index in [4.69, 9.17) is 0 Å². The average Bonchev–Trinajstić information content (AvgIpc) is 3.23. The lowest BCUT2D eigenvalue weighted by Crippen LogP contribution is -2.45. The summed E-state index contributed by atoms with van der Waals surface area (Å²) in [4.78, 5) is 50.8. The molecule has 37 heavy (non-hydrogen) atoms. The third kappa shape index (κ3) is 3.32. The molecule has 0 bridgehead atoms. The summed E-state index contributed by atoms with van der Waals surface area (Å²) >= 11 is 0. The lowest BCUT2D eigenvalue weighted by Gasteiger charge is -2.34. The first kappa shape index (κ1) is 24.4. The lowest BCUT2D eigenvalue weighted by molar-refractivity contribution is -0.182. The number of hydrogen-bond donors (Lipinski definition) is 0. The van der Waals surface area contributed by atoms with Crippen LogP contribution in [0.1, 0.15) is 16.7 Å². The van der Waals surface area contributed by atoms with Crippen LogP contribution in [-0.2, 0) is 12.5 Å². The summed E-state index contributed by atoms with van der Waals surface area (Å²) in [6, 6.07) is 12.1. The molecule has 0 aliphatic carbocycles. The summed E-state index contributed by atoms with van der Waals surface area (Å²) < 4.78 is 58.9. The Morgan fingerprint density at radius 3 is 1.49 bits per heavy atom. The number of hydrogen-bond acceptors (Lipinski definition) is 4. The molecule has 2 heterocycles. The van der Waals surface area contributed by atoms with Gasteiger partial charge in [0.05, 0.1) is 27.2 Å². The van der Waals surface area contributed by atoms with Gasteiger partial charge in [-0.2, -0.15) is 13.2 Å². The van der Waals surface area contributed by atoms with Gasteiger partial charge in [0.15, 0.2) is 0 Å². The minimum Gasteiger partial charge on any atom is -0.277 e. The van der Waals surface area contributed by atoms with E-state index in [1.807, 2.05) is 0 Å². The Morgan fingerprint density at radius 2 is 1.08 bits per heavy atom. The summed E-state index contributed by atoms with van der Waals surface area (Å²) in [5.41, 5.74) is -5.78. The second kappa shape index (κ2) is 8.09. The molecule has 0 aliphatic heterocycles. The Balaban J connectivity index is 1.70. The van der Waals surface area contributed by atoms with Gasteiger partial charge in [-0.3, -0.25) is 23.7 Å². The molecule has 1 atom stereocenters. The number of alkyl halides is 4. The van der Waals surface area contributed by atoms with Crippen molar-refractivity contribution in [2.75, 3.05) is 6.67 Å². The van der Waals surface area contributed by atoms with E-state index in [0.29, 0.717) is 5.56 Å². The highest BCUT2D eigenvalue weighted by Gasteiger charge is 2.57. The molecular formula is C27H18F4N2O4. The van der Waals surface area contributed by atoms with Gasteiger partial charge in [0.1, 0.15) is 12.1 Å². The standard InChI is InChI=1S/C27H18F4N2O4/c1-14-3-5-15(6-4-14)26(13-28,27(29,30)31)16-7-9-17(10-8-16)33-24(36)20-11-18-19(12-21(20)25(33)37)23(35)32(2)22(18)34/h3-12H,13H2,1-2H3. The SMILES string of the molecule is Cc1ccc(C(CF)(c2ccc(-n3c(=O)c4cc5c(=O)n(C)c(=O)c5cc4c3=O)cc2)C(F)(F)F)cc1. The van der Waals surface area contributed by atoms with Crippen molar-refractivity contribution in [1.29, 1.82) is 0 Å². The highest BCUT2D eigenvalue weighted by molar-refractivity contribution is 5.98. The molecular weight excluding hydrogens is 492 g/mol. The first-order valence-corrected chi connectivity index (χ1v) is 11.1. The predicted octanol–water partition coefficient (Wildman–Crippen LogP) is 3.56.